The number of nitrogens with zero attached hydrogens (tertiary/aromatic N) is 2. The molecule has 7 heteroatoms. The van der Waals surface area contributed by atoms with Crippen LogP contribution in [0.25, 0.3) is 6.08 Å². The first kappa shape index (κ1) is 19.8. The molecule has 0 bridgehead atoms. The molecular formula is C20H18Cl2N2O2S. The maximum atomic E-state index is 6.07. The summed E-state index contributed by atoms with van der Waals surface area (Å²) in [5.41, 5.74) is 1.17. The quantitative estimate of drug-likeness (QED) is 0.304. The van der Waals surface area contributed by atoms with Gasteiger partial charge in [-0.2, -0.15) is 0 Å². The Kier molecular flexibility index (Phi) is 7.63. The topological polar surface area (TPSA) is 48.2 Å². The van der Waals surface area contributed by atoms with Crippen LogP contribution in [0.15, 0.2) is 64.2 Å². The van der Waals surface area contributed by atoms with Crippen LogP contribution in [0.5, 0.6) is 5.75 Å². The van der Waals surface area contributed by atoms with Crippen LogP contribution >= 0.6 is 35.0 Å². The van der Waals surface area contributed by atoms with Crippen LogP contribution < -0.4 is 4.74 Å². The highest BCUT2D eigenvalue weighted by Crippen LogP contribution is 2.27. The van der Waals surface area contributed by atoms with E-state index in [1.54, 1.807) is 18.2 Å². The number of hydrogen-bond donors (Lipinski definition) is 0. The van der Waals surface area contributed by atoms with Crippen molar-refractivity contribution in [1.29, 1.82) is 0 Å². The molecule has 0 saturated heterocycles. The fraction of sp³-hybridized carbons (Fsp3) is 0.200. The summed E-state index contributed by atoms with van der Waals surface area (Å²) in [7, 11) is 0. The average Bonchev–Trinajstić information content (AvgIpc) is 3.12. The summed E-state index contributed by atoms with van der Waals surface area (Å²) in [6, 6.07) is 15.3. The third-order valence-electron chi connectivity index (χ3n) is 3.55. The first-order valence-corrected chi connectivity index (χ1v) is 10.2. The number of thioether (sulfide) groups is 1. The lowest BCUT2D eigenvalue weighted by molar-refractivity contribution is 0.302. The molecule has 0 radical (unpaired) electrons. The molecule has 0 aliphatic heterocycles. The zero-order valence-corrected chi connectivity index (χ0v) is 16.8. The van der Waals surface area contributed by atoms with Crippen molar-refractivity contribution < 1.29 is 9.15 Å². The molecule has 0 aliphatic rings. The first-order chi connectivity index (χ1) is 13.2. The molecule has 0 atom stereocenters. The number of hydrogen-bond acceptors (Lipinski definition) is 5. The van der Waals surface area contributed by atoms with Crippen LogP contribution in [0.1, 0.15) is 17.9 Å². The number of benzene rings is 2. The van der Waals surface area contributed by atoms with Crippen molar-refractivity contribution in [2.24, 2.45) is 0 Å². The SMILES string of the molecule is Clc1ccc(OCCCc2nnc(SC/C=C/c3ccccc3)o2)c(Cl)c1. The molecule has 3 rings (SSSR count). The standard InChI is InChI=1S/C20H18Cl2N2O2S/c21-16-10-11-18(17(22)14-16)25-12-4-9-19-23-24-20(26-19)27-13-5-8-15-6-2-1-3-7-15/h1-3,5-8,10-11,14H,4,9,12-13H2/b8-5+. The summed E-state index contributed by atoms with van der Waals surface area (Å²) >= 11 is 13.4. The smallest absolute Gasteiger partial charge is 0.276 e. The van der Waals surface area contributed by atoms with Crippen molar-refractivity contribution >= 4 is 41.0 Å². The molecule has 4 nitrogen and oxygen atoms in total. The highest BCUT2D eigenvalue weighted by atomic mass is 35.5. The van der Waals surface area contributed by atoms with E-state index in [2.05, 4.69) is 34.5 Å². The van der Waals surface area contributed by atoms with Crippen molar-refractivity contribution in [3.05, 3.63) is 76.1 Å². The molecule has 0 unspecified atom stereocenters. The Morgan fingerprint density at radius 2 is 1.93 bits per heavy atom. The van der Waals surface area contributed by atoms with Gasteiger partial charge in [0, 0.05) is 17.2 Å². The van der Waals surface area contributed by atoms with Gasteiger partial charge in [-0.25, -0.2) is 0 Å². The van der Waals surface area contributed by atoms with E-state index in [1.165, 1.54) is 17.3 Å². The molecule has 0 spiro atoms. The van der Waals surface area contributed by atoms with E-state index in [0.29, 0.717) is 39.9 Å². The van der Waals surface area contributed by atoms with Gasteiger partial charge in [0.05, 0.1) is 11.6 Å². The van der Waals surface area contributed by atoms with Crippen molar-refractivity contribution in [2.75, 3.05) is 12.4 Å². The minimum absolute atomic E-state index is 0.502. The summed E-state index contributed by atoms with van der Waals surface area (Å²) in [6.07, 6.45) is 5.55. The average molecular weight is 421 g/mol. The van der Waals surface area contributed by atoms with Crippen LogP contribution in [-0.4, -0.2) is 22.6 Å². The second-order valence-corrected chi connectivity index (χ2v) is 7.43. The molecule has 1 heterocycles. The van der Waals surface area contributed by atoms with Gasteiger partial charge in [-0.3, -0.25) is 0 Å². The molecule has 0 amide bonds. The van der Waals surface area contributed by atoms with Gasteiger partial charge >= 0.3 is 0 Å². The second kappa shape index (κ2) is 10.4. The summed E-state index contributed by atoms with van der Waals surface area (Å²) in [6.45, 7) is 0.506. The van der Waals surface area contributed by atoms with Gasteiger partial charge in [0.1, 0.15) is 5.75 Å². The summed E-state index contributed by atoms with van der Waals surface area (Å²) in [5, 5.41) is 9.78. The molecular weight excluding hydrogens is 403 g/mol. The summed E-state index contributed by atoms with van der Waals surface area (Å²) in [4.78, 5) is 0. The van der Waals surface area contributed by atoms with Crippen molar-refractivity contribution in [2.45, 2.75) is 18.1 Å². The summed E-state index contributed by atoms with van der Waals surface area (Å²) in [5.74, 6) is 2.00. The maximum absolute atomic E-state index is 6.07. The van der Waals surface area contributed by atoms with Gasteiger partial charge in [-0.05, 0) is 30.2 Å². The molecule has 0 saturated carbocycles. The lowest BCUT2D eigenvalue weighted by Crippen LogP contribution is -2.00. The summed E-state index contributed by atoms with van der Waals surface area (Å²) < 4.78 is 11.3. The normalized spacial score (nSPS) is 11.2. The van der Waals surface area contributed by atoms with Crippen LogP contribution in [0.3, 0.4) is 0 Å². The lowest BCUT2D eigenvalue weighted by Gasteiger charge is -2.07. The Hall–Kier alpha value is -1.95. The molecule has 0 N–H and O–H groups in total. The maximum Gasteiger partial charge on any atom is 0.276 e. The highest BCUT2D eigenvalue weighted by molar-refractivity contribution is 7.99. The predicted molar refractivity (Wildman–Crippen MR) is 111 cm³/mol. The third kappa shape index (κ3) is 6.61. The zero-order valence-electron chi connectivity index (χ0n) is 14.5. The molecule has 2 aromatic carbocycles. The Balaban J connectivity index is 1.37. The van der Waals surface area contributed by atoms with E-state index in [4.69, 9.17) is 32.4 Å². The predicted octanol–water partition coefficient (Wildman–Crippen LogP) is 6.19. The number of ether oxygens (including phenoxy) is 1. The molecule has 27 heavy (non-hydrogen) atoms. The molecule has 1 aromatic heterocycles. The van der Waals surface area contributed by atoms with Crippen molar-refractivity contribution in [3.8, 4) is 5.75 Å². The third-order valence-corrected chi connectivity index (χ3v) is 4.85. The van der Waals surface area contributed by atoms with Crippen LogP contribution in [0.4, 0.5) is 0 Å². The molecule has 0 aliphatic carbocycles. The van der Waals surface area contributed by atoms with E-state index in [-0.39, 0.29) is 0 Å². The molecule has 3 aromatic rings. The fourth-order valence-corrected chi connectivity index (χ4v) is 3.31. The van der Waals surface area contributed by atoms with E-state index in [1.807, 2.05) is 18.2 Å². The van der Waals surface area contributed by atoms with Crippen LogP contribution in [0.2, 0.25) is 10.0 Å². The van der Waals surface area contributed by atoms with E-state index < -0.39 is 0 Å². The molecule has 0 fully saturated rings. The van der Waals surface area contributed by atoms with Crippen molar-refractivity contribution in [1.82, 2.24) is 10.2 Å². The van der Waals surface area contributed by atoms with E-state index in [0.717, 1.165) is 12.2 Å². The Morgan fingerprint density at radius 1 is 1.07 bits per heavy atom. The van der Waals surface area contributed by atoms with Gasteiger partial charge in [-0.1, -0.05) is 77.4 Å². The highest BCUT2D eigenvalue weighted by Gasteiger charge is 2.07. The van der Waals surface area contributed by atoms with E-state index >= 15 is 0 Å². The monoisotopic (exact) mass is 420 g/mol. The Bertz CT molecular complexity index is 885. The number of aromatic nitrogens is 2. The lowest BCUT2D eigenvalue weighted by atomic mass is 10.2. The zero-order chi connectivity index (χ0) is 18.9. The van der Waals surface area contributed by atoms with Gasteiger partial charge in [0.25, 0.3) is 5.22 Å². The van der Waals surface area contributed by atoms with Gasteiger partial charge < -0.3 is 9.15 Å². The Morgan fingerprint density at radius 3 is 2.74 bits per heavy atom. The van der Waals surface area contributed by atoms with Crippen LogP contribution in [0, 0.1) is 0 Å². The minimum atomic E-state index is 0.502. The van der Waals surface area contributed by atoms with Crippen LogP contribution in [-0.2, 0) is 6.42 Å². The van der Waals surface area contributed by atoms with E-state index in [9.17, 15) is 0 Å². The number of rotatable bonds is 9. The second-order valence-electron chi connectivity index (χ2n) is 5.61. The van der Waals surface area contributed by atoms with Gasteiger partial charge in [0.2, 0.25) is 5.89 Å². The molecule has 140 valence electrons. The number of halogens is 2. The largest absolute Gasteiger partial charge is 0.492 e. The van der Waals surface area contributed by atoms with Gasteiger partial charge in [0.15, 0.2) is 0 Å². The van der Waals surface area contributed by atoms with Gasteiger partial charge in [-0.15, -0.1) is 10.2 Å². The first-order valence-electron chi connectivity index (χ1n) is 8.45. The number of aryl methyl sites for hydroxylation is 1. The van der Waals surface area contributed by atoms with Crippen molar-refractivity contribution in [3.63, 3.8) is 0 Å². The Labute approximate surface area is 172 Å². The fourth-order valence-electron chi connectivity index (χ4n) is 2.26. The minimum Gasteiger partial charge on any atom is -0.492 e.